The van der Waals surface area contributed by atoms with Crippen molar-refractivity contribution in [1.82, 2.24) is 19.6 Å². The van der Waals surface area contributed by atoms with Crippen molar-refractivity contribution in [2.24, 2.45) is 14.1 Å². The molecule has 5 heterocycles. The minimum atomic E-state index is -1.12. The number of carboxylic acids is 2. The summed E-state index contributed by atoms with van der Waals surface area (Å²) in [6, 6.07) is 12.1. The first-order chi connectivity index (χ1) is 32.8. The molecule has 3 aliphatic heterocycles. The van der Waals surface area contributed by atoms with Gasteiger partial charge in [-0.3, -0.25) is 9.36 Å². The summed E-state index contributed by atoms with van der Waals surface area (Å²) < 4.78 is 39.1. The van der Waals surface area contributed by atoms with E-state index in [1.165, 1.54) is 23.9 Å². The quantitative estimate of drug-likeness (QED) is 0.145. The van der Waals surface area contributed by atoms with Crippen molar-refractivity contribution < 1.29 is 48.1 Å². The number of ether oxygens (including phenoxy) is 4. The van der Waals surface area contributed by atoms with Crippen LogP contribution in [0.25, 0.3) is 27.8 Å². The number of halogens is 1. The molecular formula is C54H72BBrN4O10. The summed E-state index contributed by atoms with van der Waals surface area (Å²) in [5.41, 5.74) is 8.60. The van der Waals surface area contributed by atoms with Gasteiger partial charge in [-0.15, -0.1) is 0 Å². The highest BCUT2D eigenvalue weighted by atomic mass is 79.9. The van der Waals surface area contributed by atoms with Crippen LogP contribution in [0.4, 0.5) is 0 Å². The van der Waals surface area contributed by atoms with Crippen LogP contribution in [0.2, 0.25) is 0 Å². The highest BCUT2D eigenvalue weighted by Gasteiger charge is 2.52. The second-order valence-electron chi connectivity index (χ2n) is 21.7. The molecule has 4 aromatic rings. The lowest BCUT2D eigenvalue weighted by molar-refractivity contribution is -0.161. The summed E-state index contributed by atoms with van der Waals surface area (Å²) >= 11 is 3.49. The average molecular weight is 1030 g/mol. The van der Waals surface area contributed by atoms with Gasteiger partial charge in [-0.25, -0.2) is 9.59 Å². The molecule has 0 bridgehead atoms. The molecule has 0 amide bonds. The van der Waals surface area contributed by atoms with Crippen LogP contribution in [0.5, 0.6) is 11.5 Å². The summed E-state index contributed by atoms with van der Waals surface area (Å²) in [6.45, 7) is 21.0. The van der Waals surface area contributed by atoms with Gasteiger partial charge < -0.3 is 38.5 Å². The van der Waals surface area contributed by atoms with E-state index in [0.717, 1.165) is 115 Å². The maximum absolute atomic E-state index is 12.3. The summed E-state index contributed by atoms with van der Waals surface area (Å²) in [4.78, 5) is 24.2. The first-order valence-electron chi connectivity index (χ1n) is 24.7. The highest BCUT2D eigenvalue weighted by Crippen LogP contribution is 2.44. The van der Waals surface area contributed by atoms with Gasteiger partial charge in [-0.2, -0.15) is 10.2 Å². The molecule has 0 radical (unpaired) electrons. The van der Waals surface area contributed by atoms with E-state index in [1.54, 1.807) is 23.5 Å². The van der Waals surface area contributed by atoms with Crippen molar-refractivity contribution in [3.05, 3.63) is 86.8 Å². The number of fused-ring (bicyclic) bond motifs is 2. The Morgan fingerprint density at radius 2 is 1.16 bits per heavy atom. The van der Waals surface area contributed by atoms with Crippen LogP contribution in [0.15, 0.2) is 58.6 Å². The molecule has 2 N–H and O–H groups in total. The molecule has 378 valence electrons. The van der Waals surface area contributed by atoms with Gasteiger partial charge in [-0.1, -0.05) is 24.3 Å². The normalized spacial score (nSPS) is 19.0. The molecule has 16 heteroatoms. The molecule has 2 unspecified atom stereocenters. The van der Waals surface area contributed by atoms with Crippen LogP contribution in [0, 0.1) is 0 Å². The van der Waals surface area contributed by atoms with Crippen molar-refractivity contribution in [2.75, 3.05) is 13.2 Å². The van der Waals surface area contributed by atoms with Gasteiger partial charge in [0.25, 0.3) is 0 Å². The third-order valence-electron chi connectivity index (χ3n) is 13.4. The second-order valence-corrected chi connectivity index (χ2v) is 22.5. The maximum atomic E-state index is 12.3. The Hall–Kier alpha value is -4.74. The minimum Gasteiger partial charge on any atom is -0.493 e. The average Bonchev–Trinajstić information content (AvgIpc) is 4.13. The van der Waals surface area contributed by atoms with Gasteiger partial charge >= 0.3 is 19.1 Å². The van der Waals surface area contributed by atoms with E-state index in [1.807, 2.05) is 65.8 Å². The molecule has 2 aromatic heterocycles. The zero-order valence-corrected chi connectivity index (χ0v) is 44.7. The fraction of sp³-hybridized carbons (Fsp3) is 0.556. The number of carboxylic acid groups (broad SMARTS) is 2. The van der Waals surface area contributed by atoms with Crippen LogP contribution in [0.1, 0.15) is 161 Å². The number of hydrogen-bond donors (Lipinski definition) is 2. The molecule has 0 spiro atoms. The Morgan fingerprint density at radius 1 is 0.686 bits per heavy atom. The van der Waals surface area contributed by atoms with Gasteiger partial charge in [0.15, 0.2) is 12.2 Å². The largest absolute Gasteiger partial charge is 0.493 e. The van der Waals surface area contributed by atoms with Crippen LogP contribution in [0.3, 0.4) is 0 Å². The number of rotatable bonds is 10. The summed E-state index contributed by atoms with van der Waals surface area (Å²) in [5.74, 6) is -0.250. The molecule has 1 saturated heterocycles. The first kappa shape index (κ1) is 53.1. The standard InChI is InChI=1S/C24H30N2O4.C19H23BrN2O4.C11H19BO2/c1-24(2,3)30-22(23(27)28)21-19(20(25-26(21)4)15-8-5-6-9-15)17-11-12-18-16(14-17)10-7-13-29-18;1-19(2,3)26-16(18(23)24)15-14(17(20)21-22(15)4)12-7-8-13-11(10-12)6-5-9-25-13;1-10(2)11(3,4)14-12(13-10)9-7-5-6-8-9/h8,11-12,14,22H,5-7,9-10,13H2,1-4H3,(H,27,28);7-8,10,16H,5-6,9H2,1-4H3,(H,23,24);7H,5-6,8H2,1-4H3. The zero-order chi connectivity index (χ0) is 50.9. The smallest absolute Gasteiger partial charge is 0.490 e. The fourth-order valence-electron chi connectivity index (χ4n) is 9.39. The number of hydrogen-bond acceptors (Lipinski definition) is 10. The van der Waals surface area contributed by atoms with E-state index in [9.17, 15) is 19.8 Å². The van der Waals surface area contributed by atoms with Gasteiger partial charge in [0.05, 0.1) is 52.7 Å². The van der Waals surface area contributed by atoms with Crippen LogP contribution in [-0.2, 0) is 55.3 Å². The molecule has 5 aliphatic rings. The number of aryl methyl sites for hydroxylation is 4. The second kappa shape index (κ2) is 21.2. The van der Waals surface area contributed by atoms with Crippen molar-refractivity contribution in [1.29, 1.82) is 0 Å². The predicted octanol–water partition coefficient (Wildman–Crippen LogP) is 11.8. The van der Waals surface area contributed by atoms with E-state index < -0.39 is 35.3 Å². The fourth-order valence-corrected chi connectivity index (χ4v) is 10.1. The Labute approximate surface area is 422 Å². The van der Waals surface area contributed by atoms with Gasteiger partial charge in [0.2, 0.25) is 0 Å². The number of aliphatic carboxylic acids is 2. The van der Waals surface area contributed by atoms with E-state index >= 15 is 0 Å². The lowest BCUT2D eigenvalue weighted by atomic mass is 9.78. The number of benzene rings is 2. The SMILES string of the molecule is CC1(C)OB(C2=CCCC2)OC1(C)C.Cn1nc(Br)c(-c2ccc3c(c2)CCCO3)c1C(OC(C)(C)C)C(=O)O.Cn1nc(C2=CCCC2)c(-c2ccc3c(c2)CCCO3)c1C(OC(C)(C)C)C(=O)O. The molecule has 0 saturated carbocycles. The van der Waals surface area contributed by atoms with Crippen molar-refractivity contribution >= 4 is 40.6 Å². The molecular weight excluding hydrogens is 955 g/mol. The molecule has 1 fully saturated rings. The van der Waals surface area contributed by atoms with Crippen LogP contribution < -0.4 is 9.47 Å². The van der Waals surface area contributed by atoms with Gasteiger partial charge in [-0.05, 0) is 207 Å². The minimum absolute atomic E-state index is 0.0949. The molecule has 2 aliphatic carbocycles. The number of allylic oxidation sites excluding steroid dienone is 4. The Balaban J connectivity index is 0.000000164. The summed E-state index contributed by atoms with van der Waals surface area (Å²) in [6.07, 6.45) is 12.8. The number of nitrogens with zero attached hydrogens (tertiary/aromatic N) is 4. The van der Waals surface area contributed by atoms with Crippen molar-refractivity contribution in [2.45, 2.75) is 168 Å². The number of carbonyl (C=O) groups is 2. The zero-order valence-electron chi connectivity index (χ0n) is 43.2. The Morgan fingerprint density at radius 3 is 1.61 bits per heavy atom. The molecule has 2 atom stereocenters. The third-order valence-corrected chi connectivity index (χ3v) is 14.0. The van der Waals surface area contributed by atoms with E-state index in [2.05, 4.69) is 73.0 Å². The van der Waals surface area contributed by atoms with Crippen molar-refractivity contribution in [3.8, 4) is 33.8 Å². The van der Waals surface area contributed by atoms with Crippen molar-refractivity contribution in [3.63, 3.8) is 0 Å². The highest BCUT2D eigenvalue weighted by molar-refractivity contribution is 9.10. The number of aromatic nitrogens is 4. The molecule has 9 rings (SSSR count). The Bertz CT molecular complexity index is 2620. The van der Waals surface area contributed by atoms with E-state index in [-0.39, 0.29) is 18.3 Å². The topological polar surface area (TPSA) is 166 Å². The van der Waals surface area contributed by atoms with E-state index in [0.29, 0.717) is 16.0 Å². The monoisotopic (exact) mass is 1030 g/mol. The Kier molecular flexibility index (Phi) is 16.0. The third kappa shape index (κ3) is 12.1. The maximum Gasteiger partial charge on any atom is 0.490 e. The summed E-state index contributed by atoms with van der Waals surface area (Å²) in [5, 5.41) is 29.0. The lowest BCUT2D eigenvalue weighted by Gasteiger charge is -2.32. The summed E-state index contributed by atoms with van der Waals surface area (Å²) in [7, 11) is 3.44. The first-order valence-corrected chi connectivity index (χ1v) is 25.5. The van der Waals surface area contributed by atoms with Gasteiger partial charge in [0, 0.05) is 25.2 Å². The molecule has 70 heavy (non-hydrogen) atoms. The van der Waals surface area contributed by atoms with Crippen LogP contribution in [-0.4, -0.2) is 84.4 Å². The van der Waals surface area contributed by atoms with Crippen LogP contribution >= 0.6 is 15.9 Å². The molecule has 14 nitrogen and oxygen atoms in total. The lowest BCUT2D eigenvalue weighted by Crippen LogP contribution is -2.41. The molecule has 2 aromatic carbocycles. The predicted molar refractivity (Wildman–Crippen MR) is 275 cm³/mol. The van der Waals surface area contributed by atoms with E-state index in [4.69, 9.17) is 33.4 Å². The van der Waals surface area contributed by atoms with Gasteiger partial charge in [0.1, 0.15) is 16.1 Å².